The molecule has 0 aromatic carbocycles. The molecule has 0 unspecified atom stereocenters. The van der Waals surface area contributed by atoms with Crippen LogP contribution >= 0.6 is 23.1 Å². The van der Waals surface area contributed by atoms with Crippen LogP contribution in [0.3, 0.4) is 0 Å². The van der Waals surface area contributed by atoms with Crippen molar-refractivity contribution < 1.29 is 14.3 Å². The molecule has 10 heteroatoms. The van der Waals surface area contributed by atoms with E-state index in [-0.39, 0.29) is 18.3 Å². The number of nitrogens with one attached hydrogen (secondary N) is 1. The molecule has 8 nitrogen and oxygen atoms in total. The second-order valence-corrected chi connectivity index (χ2v) is 8.39. The lowest BCUT2D eigenvalue weighted by Gasteiger charge is -2.08. The number of carbonyl (C=O) groups is 2. The number of aryl methyl sites for hydroxylation is 1. The van der Waals surface area contributed by atoms with Crippen molar-refractivity contribution >= 4 is 40.0 Å². The number of thiophene rings is 1. The Morgan fingerprint density at radius 2 is 2.06 bits per heavy atom. The lowest BCUT2D eigenvalue weighted by atomic mass is 10.2. The first-order valence-electron chi connectivity index (χ1n) is 9.74. The number of anilines is 1. The van der Waals surface area contributed by atoms with Gasteiger partial charge in [0.1, 0.15) is 5.00 Å². The first-order valence-corrected chi connectivity index (χ1v) is 11.5. The van der Waals surface area contributed by atoms with E-state index in [2.05, 4.69) is 27.1 Å². The minimum Gasteiger partial charge on any atom is -0.462 e. The topological polar surface area (TPSA) is 99.0 Å². The fourth-order valence-electron chi connectivity index (χ4n) is 2.77. The molecular formula is C21H23N5O3S2. The average molecular weight is 458 g/mol. The third-order valence-electron chi connectivity index (χ3n) is 4.18. The Kier molecular flexibility index (Phi) is 7.96. The second-order valence-electron chi connectivity index (χ2n) is 6.31. The van der Waals surface area contributed by atoms with Gasteiger partial charge < -0.3 is 10.1 Å². The number of pyridine rings is 1. The van der Waals surface area contributed by atoms with Gasteiger partial charge in [-0.2, -0.15) is 0 Å². The van der Waals surface area contributed by atoms with Crippen molar-refractivity contribution in [2.24, 2.45) is 0 Å². The summed E-state index contributed by atoms with van der Waals surface area (Å²) in [5, 5.41) is 12.4. The Balaban J connectivity index is 1.72. The summed E-state index contributed by atoms with van der Waals surface area (Å²) in [6, 6.07) is 5.47. The van der Waals surface area contributed by atoms with Gasteiger partial charge in [-0.15, -0.1) is 28.1 Å². The van der Waals surface area contributed by atoms with Gasteiger partial charge >= 0.3 is 5.97 Å². The SMILES string of the molecule is C=CCn1c(SCC(=O)Nc2sc(CC)cc2C(=O)OCC)nnc1-c1ccncc1. The fraction of sp³-hybridized carbons (Fsp3) is 0.286. The summed E-state index contributed by atoms with van der Waals surface area (Å²) < 4.78 is 6.99. The van der Waals surface area contributed by atoms with Crippen LogP contribution in [0, 0.1) is 0 Å². The van der Waals surface area contributed by atoms with E-state index in [1.165, 1.54) is 23.1 Å². The van der Waals surface area contributed by atoms with Crippen LogP contribution in [0.15, 0.2) is 48.4 Å². The van der Waals surface area contributed by atoms with E-state index in [1.807, 2.05) is 23.6 Å². The van der Waals surface area contributed by atoms with Crippen LogP contribution in [0.1, 0.15) is 29.1 Å². The van der Waals surface area contributed by atoms with E-state index >= 15 is 0 Å². The van der Waals surface area contributed by atoms with E-state index in [9.17, 15) is 9.59 Å². The van der Waals surface area contributed by atoms with Gasteiger partial charge in [0.25, 0.3) is 0 Å². The van der Waals surface area contributed by atoms with Crippen LogP contribution in [-0.4, -0.2) is 44.0 Å². The number of rotatable bonds is 10. The Morgan fingerprint density at radius 3 is 2.74 bits per heavy atom. The number of nitrogens with zero attached hydrogens (tertiary/aromatic N) is 4. The van der Waals surface area contributed by atoms with Crippen molar-refractivity contribution in [3.05, 3.63) is 53.7 Å². The molecule has 1 amide bonds. The number of thioether (sulfide) groups is 1. The quantitative estimate of drug-likeness (QED) is 0.278. The van der Waals surface area contributed by atoms with Crippen molar-refractivity contribution in [1.82, 2.24) is 19.7 Å². The predicted molar refractivity (Wildman–Crippen MR) is 122 cm³/mol. The number of hydrogen-bond acceptors (Lipinski definition) is 8. The van der Waals surface area contributed by atoms with Gasteiger partial charge in [0.05, 0.1) is 17.9 Å². The number of carbonyl (C=O) groups excluding carboxylic acids is 2. The Hall–Kier alpha value is -2.98. The molecule has 3 aromatic rings. The zero-order chi connectivity index (χ0) is 22.2. The van der Waals surface area contributed by atoms with Gasteiger partial charge in [-0.05, 0) is 31.5 Å². The zero-order valence-electron chi connectivity index (χ0n) is 17.3. The summed E-state index contributed by atoms with van der Waals surface area (Å²) in [7, 11) is 0. The maximum absolute atomic E-state index is 12.6. The van der Waals surface area contributed by atoms with Gasteiger partial charge in [0.2, 0.25) is 5.91 Å². The first-order chi connectivity index (χ1) is 15.1. The highest BCUT2D eigenvalue weighted by molar-refractivity contribution is 7.99. The smallest absolute Gasteiger partial charge is 0.341 e. The molecular weight excluding hydrogens is 434 g/mol. The molecule has 0 atom stereocenters. The van der Waals surface area contributed by atoms with Crippen molar-refractivity contribution in [2.75, 3.05) is 17.7 Å². The molecule has 3 aromatic heterocycles. The van der Waals surface area contributed by atoms with Crippen molar-refractivity contribution in [2.45, 2.75) is 32.0 Å². The summed E-state index contributed by atoms with van der Waals surface area (Å²) >= 11 is 2.65. The lowest BCUT2D eigenvalue weighted by molar-refractivity contribution is -0.113. The molecule has 162 valence electrons. The third kappa shape index (κ3) is 5.59. The van der Waals surface area contributed by atoms with E-state index in [1.54, 1.807) is 31.5 Å². The molecule has 3 rings (SSSR count). The molecule has 0 spiro atoms. The van der Waals surface area contributed by atoms with Gasteiger partial charge in [0, 0.05) is 29.4 Å². The first kappa shape index (κ1) is 22.7. The zero-order valence-corrected chi connectivity index (χ0v) is 19.0. The Bertz CT molecular complexity index is 1060. The molecule has 0 radical (unpaired) electrons. The highest BCUT2D eigenvalue weighted by atomic mass is 32.2. The van der Waals surface area contributed by atoms with Crippen LogP contribution < -0.4 is 5.32 Å². The van der Waals surface area contributed by atoms with E-state index < -0.39 is 5.97 Å². The molecule has 0 aliphatic rings. The average Bonchev–Trinajstić information content (AvgIpc) is 3.37. The summed E-state index contributed by atoms with van der Waals surface area (Å²) in [6.45, 7) is 8.32. The normalized spacial score (nSPS) is 10.6. The van der Waals surface area contributed by atoms with Crippen molar-refractivity contribution in [1.29, 1.82) is 0 Å². The number of amides is 1. The van der Waals surface area contributed by atoms with E-state index in [4.69, 9.17) is 4.74 Å². The van der Waals surface area contributed by atoms with Crippen molar-refractivity contribution in [3.63, 3.8) is 0 Å². The Morgan fingerprint density at radius 1 is 1.29 bits per heavy atom. The molecule has 0 fully saturated rings. The molecule has 0 aliphatic heterocycles. The number of esters is 1. The summed E-state index contributed by atoms with van der Waals surface area (Å²) in [5.74, 6) is 0.126. The summed E-state index contributed by atoms with van der Waals surface area (Å²) in [4.78, 5) is 29.8. The maximum atomic E-state index is 12.6. The minimum atomic E-state index is -0.436. The molecule has 31 heavy (non-hydrogen) atoms. The van der Waals surface area contributed by atoms with Crippen molar-refractivity contribution in [3.8, 4) is 11.4 Å². The van der Waals surface area contributed by atoms with Crippen LogP contribution in [0.5, 0.6) is 0 Å². The minimum absolute atomic E-state index is 0.118. The molecule has 3 heterocycles. The molecule has 0 aliphatic carbocycles. The molecule has 1 N–H and O–H groups in total. The lowest BCUT2D eigenvalue weighted by Crippen LogP contribution is -2.16. The second kappa shape index (κ2) is 10.9. The van der Waals surface area contributed by atoms with Gasteiger partial charge in [-0.1, -0.05) is 24.8 Å². The standard InChI is InChI=1S/C21H23N5O3S2/c1-4-11-26-18(14-7-9-22-10-8-14)24-25-21(26)30-13-17(27)23-19-16(20(28)29-6-3)12-15(5-2)31-19/h4,7-10,12H,1,5-6,11,13H2,2-3H3,(H,23,27). The molecule has 0 bridgehead atoms. The largest absolute Gasteiger partial charge is 0.462 e. The molecule has 0 saturated carbocycles. The van der Waals surface area contributed by atoms with E-state index in [0.29, 0.717) is 28.1 Å². The van der Waals surface area contributed by atoms with Crippen LogP contribution in [0.25, 0.3) is 11.4 Å². The number of hydrogen-bond donors (Lipinski definition) is 1. The van der Waals surface area contributed by atoms with Crippen LogP contribution in [0.4, 0.5) is 5.00 Å². The summed E-state index contributed by atoms with van der Waals surface area (Å²) in [5.41, 5.74) is 1.27. The number of allylic oxidation sites excluding steroid dienone is 1. The predicted octanol–water partition coefficient (Wildman–Crippen LogP) is 4.06. The number of ether oxygens (including phenoxy) is 1. The highest BCUT2D eigenvalue weighted by Crippen LogP contribution is 2.30. The highest BCUT2D eigenvalue weighted by Gasteiger charge is 2.20. The van der Waals surface area contributed by atoms with E-state index in [0.717, 1.165) is 16.9 Å². The van der Waals surface area contributed by atoms with Crippen LogP contribution in [-0.2, 0) is 22.5 Å². The van der Waals surface area contributed by atoms with Gasteiger partial charge in [-0.25, -0.2) is 4.79 Å². The molecule has 0 saturated heterocycles. The van der Waals surface area contributed by atoms with Crippen LogP contribution in [0.2, 0.25) is 0 Å². The summed E-state index contributed by atoms with van der Waals surface area (Å²) in [6.07, 6.45) is 5.90. The maximum Gasteiger partial charge on any atom is 0.341 e. The third-order valence-corrected chi connectivity index (χ3v) is 6.34. The van der Waals surface area contributed by atoms with Gasteiger partial charge in [0.15, 0.2) is 11.0 Å². The monoisotopic (exact) mass is 457 g/mol. The van der Waals surface area contributed by atoms with Gasteiger partial charge in [-0.3, -0.25) is 14.3 Å². The fourth-order valence-corrected chi connectivity index (χ4v) is 4.51. The Labute approximate surface area is 188 Å². The number of aromatic nitrogens is 4.